The number of nitrogens with zero attached hydrogens (tertiary/aromatic N) is 2. The van der Waals surface area contributed by atoms with Gasteiger partial charge in [0.25, 0.3) is 0 Å². The standard InChI is InChI=1S/C10H18N2O2/c1-8(2)12(7-10(13)14-4)9(3)5-6-11/h8-9H,5,7H2,1-4H3. The van der Waals surface area contributed by atoms with Crippen molar-refractivity contribution in [2.24, 2.45) is 0 Å². The zero-order valence-electron chi connectivity index (χ0n) is 9.28. The predicted octanol–water partition coefficient (Wildman–Crippen LogP) is 1.17. The Balaban J connectivity index is 4.30. The minimum atomic E-state index is -0.261. The van der Waals surface area contributed by atoms with Crippen LogP contribution in [-0.4, -0.2) is 36.6 Å². The molecule has 0 aromatic rings. The minimum Gasteiger partial charge on any atom is -0.468 e. The molecule has 14 heavy (non-hydrogen) atoms. The van der Waals surface area contributed by atoms with E-state index in [1.807, 2.05) is 25.7 Å². The second kappa shape index (κ2) is 6.39. The number of carbonyl (C=O) groups excluding carboxylic acids is 1. The number of methoxy groups -OCH3 is 1. The summed E-state index contributed by atoms with van der Waals surface area (Å²) in [5.74, 6) is -0.261. The second-order valence-corrected chi connectivity index (χ2v) is 3.55. The number of hydrogen-bond acceptors (Lipinski definition) is 4. The van der Waals surface area contributed by atoms with Crippen LogP contribution in [0.1, 0.15) is 27.2 Å². The largest absolute Gasteiger partial charge is 0.468 e. The first-order valence-electron chi connectivity index (χ1n) is 4.72. The predicted molar refractivity (Wildman–Crippen MR) is 53.6 cm³/mol. The van der Waals surface area contributed by atoms with E-state index in [9.17, 15) is 4.79 Å². The van der Waals surface area contributed by atoms with Crippen molar-refractivity contribution in [1.82, 2.24) is 4.90 Å². The van der Waals surface area contributed by atoms with Crippen LogP contribution < -0.4 is 0 Å². The van der Waals surface area contributed by atoms with Crippen molar-refractivity contribution < 1.29 is 9.53 Å². The Hall–Kier alpha value is -1.08. The van der Waals surface area contributed by atoms with Gasteiger partial charge in [0, 0.05) is 12.1 Å². The van der Waals surface area contributed by atoms with E-state index in [0.717, 1.165) is 0 Å². The molecule has 0 aliphatic heterocycles. The van der Waals surface area contributed by atoms with E-state index in [1.165, 1.54) is 7.11 Å². The van der Waals surface area contributed by atoms with E-state index in [2.05, 4.69) is 10.8 Å². The fraction of sp³-hybridized carbons (Fsp3) is 0.800. The smallest absolute Gasteiger partial charge is 0.319 e. The first-order valence-corrected chi connectivity index (χ1v) is 4.72. The van der Waals surface area contributed by atoms with Gasteiger partial charge in [0.05, 0.1) is 26.1 Å². The normalized spacial score (nSPS) is 12.6. The third-order valence-electron chi connectivity index (χ3n) is 2.16. The molecule has 0 fully saturated rings. The zero-order valence-corrected chi connectivity index (χ0v) is 9.28. The van der Waals surface area contributed by atoms with Gasteiger partial charge in [-0.3, -0.25) is 9.69 Å². The van der Waals surface area contributed by atoms with Gasteiger partial charge in [0.2, 0.25) is 0 Å². The fourth-order valence-electron chi connectivity index (χ4n) is 1.31. The van der Waals surface area contributed by atoms with Crippen LogP contribution in [-0.2, 0) is 9.53 Å². The second-order valence-electron chi connectivity index (χ2n) is 3.55. The number of ether oxygens (including phenoxy) is 1. The van der Waals surface area contributed by atoms with Crippen LogP contribution in [0.2, 0.25) is 0 Å². The maximum absolute atomic E-state index is 11.1. The molecule has 1 unspecified atom stereocenters. The summed E-state index contributed by atoms with van der Waals surface area (Å²) in [6.45, 7) is 6.18. The quantitative estimate of drug-likeness (QED) is 0.622. The summed E-state index contributed by atoms with van der Waals surface area (Å²) in [6.07, 6.45) is 0.426. The fourth-order valence-corrected chi connectivity index (χ4v) is 1.31. The Kier molecular flexibility index (Phi) is 5.89. The number of hydrogen-bond donors (Lipinski definition) is 0. The number of esters is 1. The number of nitriles is 1. The van der Waals surface area contributed by atoms with Gasteiger partial charge >= 0.3 is 5.97 Å². The van der Waals surface area contributed by atoms with Crippen molar-refractivity contribution >= 4 is 5.97 Å². The lowest BCUT2D eigenvalue weighted by atomic mass is 10.1. The SMILES string of the molecule is COC(=O)CN(C(C)C)C(C)CC#N. The van der Waals surface area contributed by atoms with E-state index in [1.54, 1.807) is 0 Å². The molecule has 4 nitrogen and oxygen atoms in total. The summed E-state index contributed by atoms with van der Waals surface area (Å²) in [5, 5.41) is 8.57. The number of rotatable bonds is 5. The highest BCUT2D eigenvalue weighted by Gasteiger charge is 2.19. The highest BCUT2D eigenvalue weighted by Crippen LogP contribution is 2.08. The molecule has 1 atom stereocenters. The molecule has 0 aromatic carbocycles. The van der Waals surface area contributed by atoms with Gasteiger partial charge in [-0.2, -0.15) is 5.26 Å². The first-order chi connectivity index (χ1) is 6.52. The average molecular weight is 198 g/mol. The summed E-state index contributed by atoms with van der Waals surface area (Å²) >= 11 is 0. The summed E-state index contributed by atoms with van der Waals surface area (Å²) in [4.78, 5) is 13.0. The van der Waals surface area contributed by atoms with Gasteiger partial charge in [0.1, 0.15) is 0 Å². The third-order valence-corrected chi connectivity index (χ3v) is 2.16. The molecular weight excluding hydrogens is 180 g/mol. The molecule has 80 valence electrons. The van der Waals surface area contributed by atoms with Crippen molar-refractivity contribution in [2.75, 3.05) is 13.7 Å². The number of carbonyl (C=O) groups is 1. The molecule has 0 aliphatic rings. The van der Waals surface area contributed by atoms with Gasteiger partial charge < -0.3 is 4.74 Å². The molecule has 0 N–H and O–H groups in total. The van der Waals surface area contributed by atoms with Crippen molar-refractivity contribution in [3.8, 4) is 6.07 Å². The Bertz CT molecular complexity index is 221. The van der Waals surface area contributed by atoms with E-state index >= 15 is 0 Å². The maximum Gasteiger partial charge on any atom is 0.319 e. The lowest BCUT2D eigenvalue weighted by Crippen LogP contribution is -2.42. The minimum absolute atomic E-state index is 0.0825. The van der Waals surface area contributed by atoms with Gasteiger partial charge in [-0.1, -0.05) is 0 Å². The Morgan fingerprint density at radius 2 is 2.07 bits per heavy atom. The molecular formula is C10H18N2O2. The van der Waals surface area contributed by atoms with Crippen molar-refractivity contribution in [3.05, 3.63) is 0 Å². The lowest BCUT2D eigenvalue weighted by molar-refractivity contribution is -0.143. The Labute approximate surface area is 85.5 Å². The molecule has 0 saturated heterocycles. The van der Waals surface area contributed by atoms with Crippen LogP contribution >= 0.6 is 0 Å². The monoisotopic (exact) mass is 198 g/mol. The maximum atomic E-state index is 11.1. The molecule has 0 amide bonds. The van der Waals surface area contributed by atoms with E-state index < -0.39 is 0 Å². The van der Waals surface area contributed by atoms with E-state index in [0.29, 0.717) is 6.42 Å². The summed E-state index contributed by atoms with van der Waals surface area (Å²) in [7, 11) is 1.37. The highest BCUT2D eigenvalue weighted by molar-refractivity contribution is 5.71. The molecule has 0 rings (SSSR count). The van der Waals surface area contributed by atoms with Gasteiger partial charge in [-0.05, 0) is 20.8 Å². The van der Waals surface area contributed by atoms with Crippen molar-refractivity contribution in [3.63, 3.8) is 0 Å². The summed E-state index contributed by atoms with van der Waals surface area (Å²) in [5.41, 5.74) is 0. The van der Waals surface area contributed by atoms with E-state index in [4.69, 9.17) is 5.26 Å². The summed E-state index contributed by atoms with van der Waals surface area (Å²) in [6, 6.07) is 2.42. The Morgan fingerprint density at radius 1 is 1.50 bits per heavy atom. The molecule has 4 heteroatoms. The first kappa shape index (κ1) is 12.9. The average Bonchev–Trinajstić information content (AvgIpc) is 2.13. The molecule has 0 heterocycles. The summed E-state index contributed by atoms with van der Waals surface area (Å²) < 4.78 is 4.60. The van der Waals surface area contributed by atoms with Crippen molar-refractivity contribution in [1.29, 1.82) is 5.26 Å². The molecule has 0 aromatic heterocycles. The third kappa shape index (κ3) is 4.24. The topological polar surface area (TPSA) is 53.3 Å². The van der Waals surface area contributed by atoms with Crippen LogP contribution in [0, 0.1) is 11.3 Å². The van der Waals surface area contributed by atoms with Crippen LogP contribution in [0.5, 0.6) is 0 Å². The van der Waals surface area contributed by atoms with Crippen LogP contribution in [0.15, 0.2) is 0 Å². The molecule has 0 saturated carbocycles. The zero-order chi connectivity index (χ0) is 11.1. The van der Waals surface area contributed by atoms with E-state index in [-0.39, 0.29) is 24.6 Å². The highest BCUT2D eigenvalue weighted by atomic mass is 16.5. The van der Waals surface area contributed by atoms with Crippen molar-refractivity contribution in [2.45, 2.75) is 39.3 Å². The molecule has 0 bridgehead atoms. The molecule has 0 aliphatic carbocycles. The molecule has 0 radical (unpaired) electrons. The molecule has 0 spiro atoms. The van der Waals surface area contributed by atoms with Crippen LogP contribution in [0.25, 0.3) is 0 Å². The Morgan fingerprint density at radius 3 is 2.43 bits per heavy atom. The van der Waals surface area contributed by atoms with Crippen LogP contribution in [0.3, 0.4) is 0 Å². The van der Waals surface area contributed by atoms with Crippen LogP contribution in [0.4, 0.5) is 0 Å². The van der Waals surface area contributed by atoms with Gasteiger partial charge in [-0.25, -0.2) is 0 Å². The lowest BCUT2D eigenvalue weighted by Gasteiger charge is -2.30. The van der Waals surface area contributed by atoms with Gasteiger partial charge in [0.15, 0.2) is 0 Å². The van der Waals surface area contributed by atoms with Gasteiger partial charge in [-0.15, -0.1) is 0 Å².